The number of aromatic nitrogens is 1. The number of carbonyl (C=O) groups is 1. The van der Waals surface area contributed by atoms with E-state index in [0.717, 1.165) is 18.4 Å². The topological polar surface area (TPSA) is 69.1 Å². The molecular formula is C19H18N2O2. The lowest BCUT2D eigenvalue weighted by atomic mass is 10.0. The van der Waals surface area contributed by atoms with E-state index in [0.29, 0.717) is 23.4 Å². The van der Waals surface area contributed by atoms with Crippen molar-refractivity contribution in [3.05, 3.63) is 77.6 Å². The van der Waals surface area contributed by atoms with Gasteiger partial charge < -0.3 is 10.3 Å². The van der Waals surface area contributed by atoms with Gasteiger partial charge in [0.05, 0.1) is 0 Å². The van der Waals surface area contributed by atoms with Gasteiger partial charge in [0.2, 0.25) is 0 Å². The molecule has 116 valence electrons. The molecule has 1 aromatic heterocycles. The zero-order valence-electron chi connectivity index (χ0n) is 12.7. The number of benzene rings is 2. The summed E-state index contributed by atoms with van der Waals surface area (Å²) in [6.07, 6.45) is 2.42. The van der Waals surface area contributed by atoms with Crippen molar-refractivity contribution in [1.82, 2.24) is 5.16 Å². The van der Waals surface area contributed by atoms with Gasteiger partial charge in [-0.05, 0) is 18.4 Å². The molecule has 0 fully saturated rings. The molecule has 0 aliphatic carbocycles. The van der Waals surface area contributed by atoms with Crippen molar-refractivity contribution < 1.29 is 9.32 Å². The Morgan fingerprint density at radius 3 is 2.26 bits per heavy atom. The molecule has 0 aliphatic heterocycles. The number of aryl methyl sites for hydroxylation is 2. The number of carbonyl (C=O) groups excluding carboxylic acids is 1. The van der Waals surface area contributed by atoms with E-state index in [9.17, 15) is 4.79 Å². The summed E-state index contributed by atoms with van der Waals surface area (Å²) in [6.45, 7) is 0. The molecule has 0 atom stereocenters. The first-order chi connectivity index (χ1) is 11.3. The average Bonchev–Trinajstić information content (AvgIpc) is 3.01. The summed E-state index contributed by atoms with van der Waals surface area (Å²) in [5, 5.41) is 4.06. The van der Waals surface area contributed by atoms with Gasteiger partial charge in [0.25, 0.3) is 5.91 Å². The SMILES string of the molecule is NC(=O)c1c(-c2ccccc2)noc1CCCc1ccccc1. The summed E-state index contributed by atoms with van der Waals surface area (Å²) < 4.78 is 5.40. The van der Waals surface area contributed by atoms with Gasteiger partial charge in [-0.3, -0.25) is 4.79 Å². The predicted octanol–water partition coefficient (Wildman–Crippen LogP) is 3.62. The Morgan fingerprint density at radius 1 is 0.957 bits per heavy atom. The molecular weight excluding hydrogens is 288 g/mol. The second-order valence-corrected chi connectivity index (χ2v) is 5.40. The second kappa shape index (κ2) is 6.92. The molecule has 4 heteroatoms. The Balaban J connectivity index is 1.77. The third-order valence-electron chi connectivity index (χ3n) is 3.77. The minimum Gasteiger partial charge on any atom is -0.365 e. The maximum Gasteiger partial charge on any atom is 0.254 e. The van der Waals surface area contributed by atoms with Gasteiger partial charge in [0, 0.05) is 12.0 Å². The molecule has 4 nitrogen and oxygen atoms in total. The van der Waals surface area contributed by atoms with Crippen LogP contribution < -0.4 is 5.73 Å². The average molecular weight is 306 g/mol. The molecule has 1 heterocycles. The van der Waals surface area contributed by atoms with Crippen molar-refractivity contribution in [2.24, 2.45) is 5.73 Å². The number of nitrogens with zero attached hydrogens (tertiary/aromatic N) is 1. The maximum atomic E-state index is 11.8. The summed E-state index contributed by atoms with van der Waals surface area (Å²) >= 11 is 0. The van der Waals surface area contributed by atoms with E-state index in [1.54, 1.807) is 0 Å². The van der Waals surface area contributed by atoms with Crippen LogP contribution in [0.5, 0.6) is 0 Å². The molecule has 0 bridgehead atoms. The molecule has 0 saturated heterocycles. The third kappa shape index (κ3) is 3.48. The fraction of sp³-hybridized carbons (Fsp3) is 0.158. The second-order valence-electron chi connectivity index (χ2n) is 5.40. The first-order valence-electron chi connectivity index (χ1n) is 7.63. The zero-order chi connectivity index (χ0) is 16.1. The zero-order valence-corrected chi connectivity index (χ0v) is 12.7. The van der Waals surface area contributed by atoms with Crippen molar-refractivity contribution in [3.63, 3.8) is 0 Å². The lowest BCUT2D eigenvalue weighted by Gasteiger charge is -2.02. The van der Waals surface area contributed by atoms with E-state index in [-0.39, 0.29) is 0 Å². The van der Waals surface area contributed by atoms with Crippen LogP contribution in [0.4, 0.5) is 0 Å². The molecule has 3 rings (SSSR count). The highest BCUT2D eigenvalue weighted by molar-refractivity contribution is 5.99. The molecule has 3 aromatic rings. The van der Waals surface area contributed by atoms with Crippen LogP contribution in [0, 0.1) is 0 Å². The summed E-state index contributed by atoms with van der Waals surface area (Å²) in [5.74, 6) is 0.0621. The fourth-order valence-corrected chi connectivity index (χ4v) is 2.64. The highest BCUT2D eigenvalue weighted by Crippen LogP contribution is 2.26. The standard InChI is InChI=1S/C19H18N2O2/c20-19(22)17-16(13-7-10-14-8-3-1-4-9-14)23-21-18(17)15-11-5-2-6-12-15/h1-6,8-9,11-12H,7,10,13H2,(H2,20,22). The molecule has 23 heavy (non-hydrogen) atoms. The van der Waals surface area contributed by atoms with Crippen molar-refractivity contribution in [2.75, 3.05) is 0 Å². The van der Waals surface area contributed by atoms with Crippen molar-refractivity contribution in [1.29, 1.82) is 0 Å². The van der Waals surface area contributed by atoms with Crippen molar-refractivity contribution in [3.8, 4) is 11.3 Å². The third-order valence-corrected chi connectivity index (χ3v) is 3.77. The predicted molar refractivity (Wildman–Crippen MR) is 88.9 cm³/mol. The molecule has 0 aliphatic rings. The maximum absolute atomic E-state index is 11.8. The minimum absolute atomic E-state index is 0.393. The summed E-state index contributed by atoms with van der Waals surface area (Å²) in [6, 6.07) is 19.7. The van der Waals surface area contributed by atoms with E-state index in [2.05, 4.69) is 17.3 Å². The largest absolute Gasteiger partial charge is 0.365 e. The Morgan fingerprint density at radius 2 is 1.61 bits per heavy atom. The van der Waals surface area contributed by atoms with Gasteiger partial charge in [-0.25, -0.2) is 0 Å². The quantitative estimate of drug-likeness (QED) is 0.756. The molecule has 0 spiro atoms. The lowest BCUT2D eigenvalue weighted by Crippen LogP contribution is -2.13. The summed E-state index contributed by atoms with van der Waals surface area (Å²) in [4.78, 5) is 11.8. The minimum atomic E-state index is -0.500. The van der Waals surface area contributed by atoms with E-state index < -0.39 is 5.91 Å². The monoisotopic (exact) mass is 306 g/mol. The van der Waals surface area contributed by atoms with Gasteiger partial charge in [-0.2, -0.15) is 0 Å². The highest BCUT2D eigenvalue weighted by atomic mass is 16.5. The molecule has 0 radical (unpaired) electrons. The van der Waals surface area contributed by atoms with Crippen molar-refractivity contribution in [2.45, 2.75) is 19.3 Å². The van der Waals surface area contributed by atoms with Gasteiger partial charge in [0.15, 0.2) is 0 Å². The van der Waals surface area contributed by atoms with Crippen LogP contribution in [0.25, 0.3) is 11.3 Å². The Hall–Kier alpha value is -2.88. The Labute approximate surface area is 134 Å². The smallest absolute Gasteiger partial charge is 0.254 e. The van der Waals surface area contributed by atoms with Crippen LogP contribution in [-0.2, 0) is 12.8 Å². The van der Waals surface area contributed by atoms with Gasteiger partial charge in [0.1, 0.15) is 17.0 Å². The van der Waals surface area contributed by atoms with E-state index in [1.807, 2.05) is 48.5 Å². The van der Waals surface area contributed by atoms with Crippen LogP contribution in [0.1, 0.15) is 28.1 Å². The van der Waals surface area contributed by atoms with Gasteiger partial charge in [-0.1, -0.05) is 65.8 Å². The Kier molecular flexibility index (Phi) is 4.52. The van der Waals surface area contributed by atoms with Gasteiger partial charge >= 0.3 is 0 Å². The first kappa shape index (κ1) is 15.0. The van der Waals surface area contributed by atoms with Crippen molar-refractivity contribution >= 4 is 5.91 Å². The summed E-state index contributed by atoms with van der Waals surface area (Å²) in [5.41, 5.74) is 8.55. The van der Waals surface area contributed by atoms with E-state index >= 15 is 0 Å². The van der Waals surface area contributed by atoms with Crippen LogP contribution >= 0.6 is 0 Å². The number of hydrogen-bond donors (Lipinski definition) is 1. The highest BCUT2D eigenvalue weighted by Gasteiger charge is 2.21. The molecule has 2 N–H and O–H groups in total. The number of rotatable bonds is 6. The van der Waals surface area contributed by atoms with Crippen LogP contribution in [-0.4, -0.2) is 11.1 Å². The Bertz CT molecular complexity index is 780. The number of primary amides is 1. The van der Waals surface area contributed by atoms with Crippen LogP contribution in [0.15, 0.2) is 65.2 Å². The number of amides is 1. The molecule has 0 unspecified atom stereocenters. The molecule has 1 amide bonds. The fourth-order valence-electron chi connectivity index (χ4n) is 2.64. The number of nitrogens with two attached hydrogens (primary N) is 1. The molecule has 2 aromatic carbocycles. The van der Waals surface area contributed by atoms with Gasteiger partial charge in [-0.15, -0.1) is 0 Å². The van der Waals surface area contributed by atoms with Crippen LogP contribution in [0.2, 0.25) is 0 Å². The molecule has 0 saturated carbocycles. The summed E-state index contributed by atoms with van der Waals surface area (Å²) in [7, 11) is 0. The normalized spacial score (nSPS) is 10.6. The lowest BCUT2D eigenvalue weighted by molar-refractivity contribution is 0.0999. The first-order valence-corrected chi connectivity index (χ1v) is 7.63. The van der Waals surface area contributed by atoms with Crippen LogP contribution in [0.3, 0.4) is 0 Å². The van der Waals surface area contributed by atoms with E-state index in [1.165, 1.54) is 5.56 Å². The van der Waals surface area contributed by atoms with E-state index in [4.69, 9.17) is 10.3 Å². The number of hydrogen-bond acceptors (Lipinski definition) is 3.